The first-order chi connectivity index (χ1) is 11.2. The number of alkyl halides is 2. The zero-order valence-corrected chi connectivity index (χ0v) is 14.6. The number of hydrogen-bond acceptors (Lipinski definition) is 4. The smallest absolute Gasteiger partial charge is 0.262 e. The summed E-state index contributed by atoms with van der Waals surface area (Å²) in [4.78, 5) is 25.0. The van der Waals surface area contributed by atoms with E-state index in [2.05, 4.69) is 5.32 Å². The first kappa shape index (κ1) is 17.9. The van der Waals surface area contributed by atoms with Gasteiger partial charge in [0.05, 0.1) is 18.6 Å². The van der Waals surface area contributed by atoms with Crippen molar-refractivity contribution in [2.24, 2.45) is 17.8 Å². The van der Waals surface area contributed by atoms with Crippen molar-refractivity contribution in [1.29, 1.82) is 0 Å². The van der Waals surface area contributed by atoms with Crippen LogP contribution in [0.3, 0.4) is 0 Å². The molecule has 3 aliphatic rings. The largest absolute Gasteiger partial charge is 0.307 e. The van der Waals surface area contributed by atoms with Gasteiger partial charge in [-0.3, -0.25) is 14.5 Å². The number of fused-ring (bicyclic) bond motifs is 1. The van der Waals surface area contributed by atoms with Gasteiger partial charge in [-0.2, -0.15) is 0 Å². The number of carbonyl (C=O) groups is 2. The Bertz CT molecular complexity index is 511. The van der Waals surface area contributed by atoms with Crippen LogP contribution >= 0.6 is 0 Å². The molecule has 136 valence electrons. The molecule has 0 spiro atoms. The number of hydrogen-bond donors (Lipinski definition) is 1. The second-order valence-corrected chi connectivity index (χ2v) is 8.12. The second kappa shape index (κ2) is 6.79. The van der Waals surface area contributed by atoms with Crippen molar-refractivity contribution >= 4 is 11.6 Å². The molecule has 0 radical (unpaired) electrons. The van der Waals surface area contributed by atoms with Gasteiger partial charge in [-0.05, 0) is 63.8 Å². The van der Waals surface area contributed by atoms with Crippen LogP contribution in [0.15, 0.2) is 0 Å². The Kier molecular flexibility index (Phi) is 5.07. The van der Waals surface area contributed by atoms with Crippen LogP contribution in [-0.4, -0.2) is 54.1 Å². The summed E-state index contributed by atoms with van der Waals surface area (Å²) in [5.74, 6) is -1.26. The highest BCUT2D eigenvalue weighted by Gasteiger charge is 2.47. The number of Topliss-reactive ketones (excluding diaryl/α,β-unsaturated/α-hetero) is 2. The van der Waals surface area contributed by atoms with E-state index in [-0.39, 0.29) is 30.6 Å². The highest BCUT2D eigenvalue weighted by molar-refractivity contribution is 5.82. The molecule has 0 aromatic rings. The number of likely N-dealkylation sites (tertiary alicyclic amines) is 1. The van der Waals surface area contributed by atoms with Gasteiger partial charge in [0.25, 0.3) is 5.92 Å². The summed E-state index contributed by atoms with van der Waals surface area (Å²) < 4.78 is 27.5. The summed E-state index contributed by atoms with van der Waals surface area (Å²) in [5, 5.41) is 3.33. The minimum Gasteiger partial charge on any atom is -0.307 e. The average Bonchev–Trinajstić information content (AvgIpc) is 2.81. The number of rotatable bonds is 4. The number of ketones is 2. The molecular weight excluding hydrogens is 314 g/mol. The fourth-order valence-electron chi connectivity index (χ4n) is 4.94. The molecular formula is C18H28F2N2O2. The lowest BCUT2D eigenvalue weighted by molar-refractivity contribution is -0.122. The predicted molar refractivity (Wildman–Crippen MR) is 87.0 cm³/mol. The van der Waals surface area contributed by atoms with E-state index in [0.29, 0.717) is 24.3 Å². The van der Waals surface area contributed by atoms with E-state index in [1.54, 1.807) is 11.8 Å². The Morgan fingerprint density at radius 3 is 2.54 bits per heavy atom. The fourth-order valence-corrected chi connectivity index (χ4v) is 4.94. The van der Waals surface area contributed by atoms with Crippen molar-refractivity contribution in [1.82, 2.24) is 10.2 Å². The van der Waals surface area contributed by atoms with Crippen LogP contribution in [0, 0.1) is 17.8 Å². The number of nitrogens with one attached hydrogen (secondary N) is 1. The summed E-state index contributed by atoms with van der Waals surface area (Å²) in [7, 11) is 0. The minimum atomic E-state index is -2.75. The average molecular weight is 342 g/mol. The maximum Gasteiger partial charge on any atom is 0.262 e. The Morgan fingerprint density at radius 2 is 1.88 bits per heavy atom. The molecule has 3 rings (SSSR count). The van der Waals surface area contributed by atoms with E-state index in [1.807, 2.05) is 0 Å². The van der Waals surface area contributed by atoms with Crippen molar-refractivity contribution in [2.45, 2.75) is 64.0 Å². The van der Waals surface area contributed by atoms with Gasteiger partial charge in [0.2, 0.25) is 0 Å². The van der Waals surface area contributed by atoms with Gasteiger partial charge in [0.15, 0.2) is 0 Å². The quantitative estimate of drug-likeness (QED) is 0.851. The van der Waals surface area contributed by atoms with Crippen molar-refractivity contribution in [2.75, 3.05) is 19.6 Å². The molecule has 0 aromatic heterocycles. The molecule has 6 heteroatoms. The Hall–Kier alpha value is -0.880. The molecule has 2 saturated heterocycles. The van der Waals surface area contributed by atoms with E-state index in [0.717, 1.165) is 32.2 Å². The zero-order chi connectivity index (χ0) is 17.5. The molecule has 5 atom stereocenters. The summed E-state index contributed by atoms with van der Waals surface area (Å²) in [6.45, 7) is 4.22. The van der Waals surface area contributed by atoms with Crippen molar-refractivity contribution < 1.29 is 18.4 Å². The van der Waals surface area contributed by atoms with Gasteiger partial charge >= 0.3 is 0 Å². The standard InChI is InChI=1S/C18H28F2N2O2/c1-11(23)16-6-15-5-13(3-4-14(15)8-21-16)9-22-10-18(19,20)7-17(22)12(2)24/h13-17,21H,3-10H2,1-2H3/t13-,14-,15+,16-,17+/m0/s1. The van der Waals surface area contributed by atoms with Crippen LogP contribution < -0.4 is 5.32 Å². The molecule has 0 amide bonds. The fraction of sp³-hybridized carbons (Fsp3) is 0.889. The minimum absolute atomic E-state index is 0.0499. The molecule has 1 aliphatic carbocycles. The lowest BCUT2D eigenvalue weighted by Crippen LogP contribution is -2.50. The maximum atomic E-state index is 13.7. The monoisotopic (exact) mass is 342 g/mol. The van der Waals surface area contributed by atoms with Crippen LogP contribution in [0.2, 0.25) is 0 Å². The number of piperidine rings is 1. The predicted octanol–water partition coefficient (Wildman–Crippen LogP) is 2.27. The van der Waals surface area contributed by atoms with Crippen LogP contribution in [0.4, 0.5) is 8.78 Å². The molecule has 0 bridgehead atoms. The molecule has 3 fully saturated rings. The van der Waals surface area contributed by atoms with Gasteiger partial charge in [-0.15, -0.1) is 0 Å². The van der Waals surface area contributed by atoms with E-state index >= 15 is 0 Å². The molecule has 1 N–H and O–H groups in total. The van der Waals surface area contributed by atoms with Gasteiger partial charge < -0.3 is 5.32 Å². The zero-order valence-electron chi connectivity index (χ0n) is 14.6. The Balaban J connectivity index is 1.60. The van der Waals surface area contributed by atoms with Gasteiger partial charge in [-0.1, -0.05) is 0 Å². The number of carbonyl (C=O) groups excluding carboxylic acids is 2. The third kappa shape index (κ3) is 3.85. The first-order valence-electron chi connectivity index (χ1n) is 9.11. The third-order valence-electron chi connectivity index (χ3n) is 6.23. The Labute approximate surface area is 142 Å². The van der Waals surface area contributed by atoms with Crippen molar-refractivity contribution in [3.63, 3.8) is 0 Å². The van der Waals surface area contributed by atoms with E-state index in [1.165, 1.54) is 6.92 Å². The summed E-state index contributed by atoms with van der Waals surface area (Å²) in [6, 6.07) is -0.679. The first-order valence-corrected chi connectivity index (χ1v) is 9.11. The molecule has 2 heterocycles. The van der Waals surface area contributed by atoms with Crippen LogP contribution in [0.5, 0.6) is 0 Å². The highest BCUT2D eigenvalue weighted by atomic mass is 19.3. The van der Waals surface area contributed by atoms with Crippen LogP contribution in [-0.2, 0) is 9.59 Å². The van der Waals surface area contributed by atoms with Gasteiger partial charge in [0, 0.05) is 13.0 Å². The van der Waals surface area contributed by atoms with E-state index < -0.39 is 12.0 Å². The molecule has 0 unspecified atom stereocenters. The SMILES string of the molecule is CC(=O)[C@@H]1C[C@H]2C[C@@H](CN3CC(F)(F)C[C@@H]3C(C)=O)CC[C@H]2CN1. The van der Waals surface area contributed by atoms with Crippen LogP contribution in [0.25, 0.3) is 0 Å². The molecule has 2 aliphatic heterocycles. The highest BCUT2D eigenvalue weighted by Crippen LogP contribution is 2.40. The Morgan fingerprint density at radius 1 is 1.12 bits per heavy atom. The normalized spacial score (nSPS) is 39.4. The molecule has 24 heavy (non-hydrogen) atoms. The molecule has 0 aromatic carbocycles. The van der Waals surface area contributed by atoms with Gasteiger partial charge in [0.1, 0.15) is 11.6 Å². The third-order valence-corrected chi connectivity index (χ3v) is 6.23. The lowest BCUT2D eigenvalue weighted by Gasteiger charge is -2.43. The number of halogens is 2. The molecule has 1 saturated carbocycles. The van der Waals surface area contributed by atoms with Crippen LogP contribution in [0.1, 0.15) is 46.0 Å². The molecule has 4 nitrogen and oxygen atoms in total. The summed E-state index contributed by atoms with van der Waals surface area (Å²) in [5.41, 5.74) is 0. The number of nitrogens with zero attached hydrogens (tertiary/aromatic N) is 1. The van der Waals surface area contributed by atoms with Crippen molar-refractivity contribution in [3.05, 3.63) is 0 Å². The maximum absolute atomic E-state index is 13.7. The topological polar surface area (TPSA) is 49.4 Å². The second-order valence-electron chi connectivity index (χ2n) is 8.12. The van der Waals surface area contributed by atoms with Crippen molar-refractivity contribution in [3.8, 4) is 0 Å². The lowest BCUT2D eigenvalue weighted by atomic mass is 9.69. The van der Waals surface area contributed by atoms with E-state index in [9.17, 15) is 18.4 Å². The van der Waals surface area contributed by atoms with E-state index in [4.69, 9.17) is 0 Å². The summed E-state index contributed by atoms with van der Waals surface area (Å²) >= 11 is 0. The van der Waals surface area contributed by atoms with Gasteiger partial charge in [-0.25, -0.2) is 8.78 Å². The summed E-state index contributed by atoms with van der Waals surface area (Å²) in [6.07, 6.45) is 3.63.